The number of ether oxygens (including phenoxy) is 1. The summed E-state index contributed by atoms with van der Waals surface area (Å²) >= 11 is 0. The minimum absolute atomic E-state index is 0.0206. The van der Waals surface area contributed by atoms with E-state index in [1.165, 1.54) is 34.0 Å². The van der Waals surface area contributed by atoms with Gasteiger partial charge in [-0.1, -0.05) is 86.6 Å². The van der Waals surface area contributed by atoms with E-state index in [0.717, 1.165) is 57.8 Å². The number of rotatable bonds is 9. The summed E-state index contributed by atoms with van der Waals surface area (Å²) in [5.74, 6) is 0.690. The number of nitrogens with zero attached hydrogens (tertiary/aromatic N) is 6. The molecule has 0 aliphatic carbocycles. The zero-order valence-corrected chi connectivity index (χ0v) is 32.1. The Balaban J connectivity index is 0.000000268. The average molecular weight is 721 g/mol. The van der Waals surface area contributed by atoms with Crippen LogP contribution in [0.15, 0.2) is 91.0 Å². The summed E-state index contributed by atoms with van der Waals surface area (Å²) in [6, 6.07) is 30.7. The van der Waals surface area contributed by atoms with Crippen molar-refractivity contribution in [2.24, 2.45) is 5.92 Å². The van der Waals surface area contributed by atoms with Crippen LogP contribution in [-0.4, -0.2) is 127 Å². The monoisotopic (exact) mass is 720 g/mol. The van der Waals surface area contributed by atoms with Crippen molar-refractivity contribution in [1.29, 1.82) is 0 Å². The van der Waals surface area contributed by atoms with Crippen LogP contribution in [0.5, 0.6) is 11.5 Å². The number of benzene rings is 4. The fourth-order valence-electron chi connectivity index (χ4n) is 8.47. The van der Waals surface area contributed by atoms with Gasteiger partial charge < -0.3 is 19.6 Å². The molecule has 10 heteroatoms. The van der Waals surface area contributed by atoms with Gasteiger partial charge in [-0.3, -0.25) is 24.4 Å². The molecule has 0 saturated carbocycles. The number of anilines is 1. The van der Waals surface area contributed by atoms with Crippen LogP contribution >= 0.6 is 0 Å². The Morgan fingerprint density at radius 2 is 1.45 bits per heavy atom. The van der Waals surface area contributed by atoms with Crippen LogP contribution in [-0.2, 0) is 17.9 Å². The molecule has 53 heavy (non-hydrogen) atoms. The number of likely N-dealkylation sites (tertiary alicyclic amines) is 1. The standard InChI is InChI=1S/C29H37N5O4.C12H13N.C2H6/c1-38-26-8-7-23(17-25(26)35)19-32-20-24-9-10-34-28(37)33(27(36)29(24,34)21-32)16-15-30-11-13-31(14-12-30)18-22-5-3-2-4-6-22;1-13(2)12-9-5-7-10-6-3-4-8-11(10)12;1-2/h2-8,17,24,35H,9-16,18-21H2,1H3;3-9H,1-2H3;1-2H3/t24-,29+;;/m1../s1. The number of methoxy groups -OCH3 is 1. The third kappa shape index (κ3) is 8.00. The second-order valence-corrected chi connectivity index (χ2v) is 14.5. The number of amides is 3. The Bertz CT molecular complexity index is 1840. The summed E-state index contributed by atoms with van der Waals surface area (Å²) in [4.78, 5) is 39.8. The van der Waals surface area contributed by atoms with Gasteiger partial charge in [-0.2, -0.15) is 0 Å². The molecule has 4 aliphatic heterocycles. The van der Waals surface area contributed by atoms with Crippen molar-refractivity contribution >= 4 is 28.4 Å². The lowest BCUT2D eigenvalue weighted by molar-refractivity contribution is -0.133. The predicted octanol–water partition coefficient (Wildman–Crippen LogP) is 5.99. The van der Waals surface area contributed by atoms with Gasteiger partial charge in [0.05, 0.1) is 7.11 Å². The van der Waals surface area contributed by atoms with Crippen molar-refractivity contribution in [3.8, 4) is 11.5 Å². The Labute approximate surface area is 315 Å². The normalized spacial score (nSPS) is 21.5. The van der Waals surface area contributed by atoms with E-state index in [0.29, 0.717) is 31.9 Å². The zero-order valence-electron chi connectivity index (χ0n) is 32.1. The second-order valence-electron chi connectivity index (χ2n) is 14.5. The molecule has 4 aromatic rings. The molecule has 4 saturated heterocycles. The number of urea groups is 1. The van der Waals surface area contributed by atoms with Crippen LogP contribution in [0.4, 0.5) is 10.5 Å². The van der Waals surface area contributed by atoms with Gasteiger partial charge in [-0.05, 0) is 41.1 Å². The summed E-state index contributed by atoms with van der Waals surface area (Å²) in [6.45, 7) is 12.6. The first-order valence-electron chi connectivity index (χ1n) is 19.1. The van der Waals surface area contributed by atoms with Crippen molar-refractivity contribution in [1.82, 2.24) is 24.5 Å². The minimum atomic E-state index is -0.736. The summed E-state index contributed by atoms with van der Waals surface area (Å²) in [6.07, 6.45) is 0.860. The lowest BCUT2D eigenvalue weighted by atomic mass is 9.88. The highest BCUT2D eigenvalue weighted by Crippen LogP contribution is 2.47. The fourth-order valence-corrected chi connectivity index (χ4v) is 8.47. The highest BCUT2D eigenvalue weighted by Gasteiger charge is 2.67. The highest BCUT2D eigenvalue weighted by molar-refractivity contribution is 6.08. The van der Waals surface area contributed by atoms with Crippen molar-refractivity contribution in [2.45, 2.75) is 38.9 Å². The molecule has 4 aliphatic rings. The fraction of sp³-hybridized carbons (Fsp3) is 0.442. The van der Waals surface area contributed by atoms with Gasteiger partial charge in [0.25, 0.3) is 5.91 Å². The van der Waals surface area contributed by atoms with E-state index in [1.54, 1.807) is 12.1 Å². The van der Waals surface area contributed by atoms with E-state index in [4.69, 9.17) is 4.74 Å². The number of hydrogen-bond donors (Lipinski definition) is 1. The lowest BCUT2D eigenvalue weighted by Gasteiger charge is -2.35. The summed E-state index contributed by atoms with van der Waals surface area (Å²) in [7, 11) is 5.67. The topological polar surface area (TPSA) is 83.0 Å². The van der Waals surface area contributed by atoms with E-state index in [9.17, 15) is 14.7 Å². The lowest BCUT2D eigenvalue weighted by Crippen LogP contribution is -2.52. The van der Waals surface area contributed by atoms with Crippen LogP contribution in [0.25, 0.3) is 10.8 Å². The molecule has 1 spiro atoms. The van der Waals surface area contributed by atoms with Crippen LogP contribution in [0.1, 0.15) is 31.4 Å². The van der Waals surface area contributed by atoms with Crippen molar-refractivity contribution in [3.63, 3.8) is 0 Å². The first-order chi connectivity index (χ1) is 25.8. The Kier molecular flexibility index (Phi) is 12.2. The quantitative estimate of drug-likeness (QED) is 0.212. The summed E-state index contributed by atoms with van der Waals surface area (Å²) in [5, 5.41) is 12.8. The maximum absolute atomic E-state index is 13.8. The van der Waals surface area contributed by atoms with Crippen LogP contribution in [0, 0.1) is 5.92 Å². The molecule has 1 N–H and O–H groups in total. The third-order valence-corrected chi connectivity index (χ3v) is 11.1. The molecule has 4 fully saturated rings. The maximum atomic E-state index is 13.8. The number of hydrogen-bond acceptors (Lipinski definition) is 8. The van der Waals surface area contributed by atoms with Gasteiger partial charge in [-0.25, -0.2) is 4.79 Å². The third-order valence-electron chi connectivity index (χ3n) is 11.1. The van der Waals surface area contributed by atoms with E-state index >= 15 is 0 Å². The molecule has 10 nitrogen and oxygen atoms in total. The highest BCUT2D eigenvalue weighted by atomic mass is 16.5. The van der Waals surface area contributed by atoms with E-state index in [1.807, 2.05) is 30.9 Å². The van der Waals surface area contributed by atoms with Crippen LogP contribution in [0.2, 0.25) is 0 Å². The molecule has 3 amide bonds. The average Bonchev–Trinajstić information content (AvgIpc) is 3.78. The SMILES string of the molecule is CC.CN(C)c1cccc2ccccc12.COc1ccc(CN2C[C@H]3CCN4C(=O)N(CCN5CCN(Cc6ccccc6)CC5)C(=O)[C@]34C2)cc1O. The van der Waals surface area contributed by atoms with Gasteiger partial charge in [0.15, 0.2) is 11.5 Å². The molecule has 8 rings (SSSR count). The number of carbonyl (C=O) groups excluding carboxylic acids is 2. The van der Waals surface area contributed by atoms with E-state index in [2.05, 4.69) is 100 Å². The molecule has 0 bridgehead atoms. The van der Waals surface area contributed by atoms with E-state index in [-0.39, 0.29) is 23.6 Å². The molecular weight excluding hydrogens is 665 g/mol. The zero-order chi connectivity index (χ0) is 37.5. The number of phenols is 1. The first kappa shape index (κ1) is 38.1. The number of phenolic OH excluding ortho intramolecular Hbond substituents is 1. The largest absolute Gasteiger partial charge is 0.504 e. The Morgan fingerprint density at radius 3 is 2.17 bits per heavy atom. The first-order valence-corrected chi connectivity index (χ1v) is 19.1. The van der Waals surface area contributed by atoms with Gasteiger partial charge in [0.1, 0.15) is 5.54 Å². The molecule has 0 radical (unpaired) electrons. The molecule has 0 unspecified atom stereocenters. The van der Waals surface area contributed by atoms with Crippen LogP contribution in [0.3, 0.4) is 0 Å². The molecule has 2 atom stereocenters. The van der Waals surface area contributed by atoms with Gasteiger partial charge >= 0.3 is 6.03 Å². The number of aromatic hydroxyl groups is 1. The van der Waals surface area contributed by atoms with Gasteiger partial charge in [0, 0.05) is 103 Å². The second kappa shape index (κ2) is 17.0. The molecule has 0 aromatic heterocycles. The number of carbonyl (C=O) groups is 2. The summed E-state index contributed by atoms with van der Waals surface area (Å²) < 4.78 is 5.16. The van der Waals surface area contributed by atoms with Crippen molar-refractivity contribution < 1.29 is 19.4 Å². The van der Waals surface area contributed by atoms with Crippen molar-refractivity contribution in [2.75, 3.05) is 85.0 Å². The van der Waals surface area contributed by atoms with Crippen molar-refractivity contribution in [3.05, 3.63) is 102 Å². The maximum Gasteiger partial charge on any atom is 0.327 e. The Morgan fingerprint density at radius 1 is 0.774 bits per heavy atom. The van der Waals surface area contributed by atoms with Gasteiger partial charge in [0.2, 0.25) is 0 Å². The molecule has 282 valence electrons. The summed E-state index contributed by atoms with van der Waals surface area (Å²) in [5.41, 5.74) is 2.84. The number of fused-ring (bicyclic) bond motifs is 1. The Hall–Kier alpha value is -4.64. The molecular formula is C43H56N6O4. The smallest absolute Gasteiger partial charge is 0.327 e. The molecule has 4 aromatic carbocycles. The minimum Gasteiger partial charge on any atom is -0.504 e. The van der Waals surface area contributed by atoms with Gasteiger partial charge in [-0.15, -0.1) is 0 Å². The van der Waals surface area contributed by atoms with Crippen LogP contribution < -0.4 is 9.64 Å². The van der Waals surface area contributed by atoms with E-state index < -0.39 is 5.54 Å². The molecule has 4 heterocycles. The number of imide groups is 1. The predicted molar refractivity (Wildman–Crippen MR) is 212 cm³/mol. The number of piperazine rings is 1.